The van der Waals surface area contributed by atoms with Crippen LogP contribution in [0.3, 0.4) is 0 Å². The standard InChI is InChI=1S/C16H22N2O2/c1-18(2)12-6-10-16(13-7-4-3-5-8-13)11-9-14(19)17-15(16)20/h3-5,7-8H,6,9-12H2,1-2H3,(H,17,19,20). The quantitative estimate of drug-likeness (QED) is 0.832. The van der Waals surface area contributed by atoms with Crippen molar-refractivity contribution < 1.29 is 9.59 Å². The first-order valence-electron chi connectivity index (χ1n) is 7.09. The molecule has 0 aromatic heterocycles. The summed E-state index contributed by atoms with van der Waals surface area (Å²) in [6, 6.07) is 9.83. The van der Waals surface area contributed by atoms with Gasteiger partial charge in [0.2, 0.25) is 11.8 Å². The number of benzene rings is 1. The molecule has 2 amide bonds. The second-order valence-electron chi connectivity index (χ2n) is 5.73. The summed E-state index contributed by atoms with van der Waals surface area (Å²) in [5.41, 5.74) is 0.467. The summed E-state index contributed by atoms with van der Waals surface area (Å²) in [6.07, 6.45) is 2.73. The zero-order valence-corrected chi connectivity index (χ0v) is 12.2. The maximum absolute atomic E-state index is 12.5. The van der Waals surface area contributed by atoms with Gasteiger partial charge in [-0.3, -0.25) is 14.9 Å². The van der Waals surface area contributed by atoms with Crippen LogP contribution in [-0.2, 0) is 15.0 Å². The molecule has 1 aliphatic rings. The highest BCUT2D eigenvalue weighted by Gasteiger charge is 2.43. The van der Waals surface area contributed by atoms with E-state index in [2.05, 4.69) is 10.2 Å². The third-order valence-corrected chi connectivity index (χ3v) is 4.00. The van der Waals surface area contributed by atoms with Gasteiger partial charge < -0.3 is 4.90 Å². The average molecular weight is 274 g/mol. The van der Waals surface area contributed by atoms with E-state index in [1.165, 1.54) is 0 Å². The normalized spacial score (nSPS) is 22.9. The molecule has 1 atom stereocenters. The fourth-order valence-corrected chi connectivity index (χ4v) is 2.86. The van der Waals surface area contributed by atoms with Crippen molar-refractivity contribution in [1.82, 2.24) is 10.2 Å². The molecule has 1 N–H and O–H groups in total. The lowest BCUT2D eigenvalue weighted by atomic mass is 9.70. The van der Waals surface area contributed by atoms with Gasteiger partial charge in [-0.25, -0.2) is 0 Å². The molecule has 1 fully saturated rings. The minimum atomic E-state index is -0.550. The van der Waals surface area contributed by atoms with Gasteiger partial charge in [0, 0.05) is 6.42 Å². The summed E-state index contributed by atoms with van der Waals surface area (Å²) < 4.78 is 0. The Morgan fingerprint density at radius 2 is 1.90 bits per heavy atom. The van der Waals surface area contributed by atoms with Crippen LogP contribution in [0.25, 0.3) is 0 Å². The van der Waals surface area contributed by atoms with Gasteiger partial charge in [0.15, 0.2) is 0 Å². The Hall–Kier alpha value is -1.68. The Bertz CT molecular complexity index is 485. The lowest BCUT2D eigenvalue weighted by molar-refractivity contribution is -0.138. The van der Waals surface area contributed by atoms with E-state index in [1.54, 1.807) is 0 Å². The van der Waals surface area contributed by atoms with Crippen LogP contribution in [0.1, 0.15) is 31.2 Å². The average Bonchev–Trinajstić information content (AvgIpc) is 2.42. The molecule has 1 aromatic rings. The number of hydrogen-bond donors (Lipinski definition) is 1. The first-order valence-corrected chi connectivity index (χ1v) is 7.09. The van der Waals surface area contributed by atoms with Gasteiger partial charge in [-0.1, -0.05) is 30.3 Å². The second-order valence-corrected chi connectivity index (χ2v) is 5.73. The first kappa shape index (κ1) is 14.7. The maximum atomic E-state index is 12.5. The van der Waals surface area contributed by atoms with Crippen LogP contribution in [0.2, 0.25) is 0 Å². The van der Waals surface area contributed by atoms with E-state index >= 15 is 0 Å². The molecule has 0 radical (unpaired) electrons. The summed E-state index contributed by atoms with van der Waals surface area (Å²) in [5, 5.41) is 2.52. The number of carbonyl (C=O) groups is 2. The zero-order valence-electron chi connectivity index (χ0n) is 12.2. The fourth-order valence-electron chi connectivity index (χ4n) is 2.86. The second kappa shape index (κ2) is 6.18. The summed E-state index contributed by atoms with van der Waals surface area (Å²) in [6.45, 7) is 0.940. The molecular weight excluding hydrogens is 252 g/mol. The van der Waals surface area contributed by atoms with E-state index < -0.39 is 5.41 Å². The van der Waals surface area contributed by atoms with Gasteiger partial charge in [-0.2, -0.15) is 0 Å². The Balaban J connectivity index is 2.24. The highest BCUT2D eigenvalue weighted by atomic mass is 16.2. The van der Waals surface area contributed by atoms with Crippen LogP contribution in [0, 0.1) is 0 Å². The van der Waals surface area contributed by atoms with E-state index in [0.717, 1.165) is 24.9 Å². The molecule has 1 saturated heterocycles. The SMILES string of the molecule is CN(C)CCCC1(c2ccccc2)CCC(=O)NC1=O. The van der Waals surface area contributed by atoms with Crippen molar-refractivity contribution in [1.29, 1.82) is 0 Å². The molecule has 20 heavy (non-hydrogen) atoms. The largest absolute Gasteiger partial charge is 0.309 e. The Kier molecular flexibility index (Phi) is 4.55. The molecule has 108 valence electrons. The molecule has 1 aliphatic heterocycles. The van der Waals surface area contributed by atoms with E-state index in [0.29, 0.717) is 12.8 Å². The summed E-state index contributed by atoms with van der Waals surface area (Å²) >= 11 is 0. The lowest BCUT2D eigenvalue weighted by Crippen LogP contribution is -2.51. The predicted octanol–water partition coefficient (Wildman–Crippen LogP) is 1.70. The van der Waals surface area contributed by atoms with Crippen LogP contribution in [0.5, 0.6) is 0 Å². The van der Waals surface area contributed by atoms with Gasteiger partial charge in [-0.15, -0.1) is 0 Å². The molecule has 0 aliphatic carbocycles. The van der Waals surface area contributed by atoms with Gasteiger partial charge in [0.25, 0.3) is 0 Å². The third-order valence-electron chi connectivity index (χ3n) is 4.00. The number of imide groups is 1. The molecule has 0 bridgehead atoms. The van der Waals surface area contributed by atoms with Crippen LogP contribution in [-0.4, -0.2) is 37.4 Å². The zero-order chi connectivity index (χ0) is 14.6. The van der Waals surface area contributed by atoms with Crippen LogP contribution in [0.15, 0.2) is 30.3 Å². The van der Waals surface area contributed by atoms with Gasteiger partial charge in [-0.05, 0) is 45.5 Å². The van der Waals surface area contributed by atoms with Crippen LogP contribution in [0.4, 0.5) is 0 Å². The summed E-state index contributed by atoms with van der Waals surface area (Å²) in [5.74, 6) is -0.298. The van der Waals surface area contributed by atoms with Crippen molar-refractivity contribution in [2.75, 3.05) is 20.6 Å². The fraction of sp³-hybridized carbons (Fsp3) is 0.500. The summed E-state index contributed by atoms with van der Waals surface area (Å²) in [7, 11) is 4.05. The third kappa shape index (κ3) is 3.07. The number of nitrogens with zero attached hydrogens (tertiary/aromatic N) is 1. The van der Waals surface area contributed by atoms with Gasteiger partial charge in [0.1, 0.15) is 0 Å². The monoisotopic (exact) mass is 274 g/mol. The minimum absolute atomic E-state index is 0.140. The van der Waals surface area contributed by atoms with Crippen molar-refractivity contribution in [3.05, 3.63) is 35.9 Å². The highest BCUT2D eigenvalue weighted by Crippen LogP contribution is 2.36. The van der Waals surface area contributed by atoms with Crippen molar-refractivity contribution in [2.45, 2.75) is 31.1 Å². The van der Waals surface area contributed by atoms with E-state index in [4.69, 9.17) is 0 Å². The molecule has 0 saturated carbocycles. The maximum Gasteiger partial charge on any atom is 0.237 e. The van der Waals surface area contributed by atoms with Crippen molar-refractivity contribution >= 4 is 11.8 Å². The molecule has 1 aromatic carbocycles. The topological polar surface area (TPSA) is 49.4 Å². The Labute approximate surface area is 120 Å². The van der Waals surface area contributed by atoms with Gasteiger partial charge in [0.05, 0.1) is 5.41 Å². The van der Waals surface area contributed by atoms with Crippen LogP contribution < -0.4 is 5.32 Å². The predicted molar refractivity (Wildman–Crippen MR) is 78.3 cm³/mol. The molecule has 1 heterocycles. The lowest BCUT2D eigenvalue weighted by Gasteiger charge is -2.36. The van der Waals surface area contributed by atoms with E-state index in [9.17, 15) is 9.59 Å². The highest BCUT2D eigenvalue weighted by molar-refractivity contribution is 6.03. The molecule has 4 heteroatoms. The molecule has 1 unspecified atom stereocenters. The number of carbonyl (C=O) groups excluding carboxylic acids is 2. The minimum Gasteiger partial charge on any atom is -0.309 e. The molecule has 4 nitrogen and oxygen atoms in total. The van der Waals surface area contributed by atoms with E-state index in [-0.39, 0.29) is 11.8 Å². The Morgan fingerprint density at radius 1 is 1.20 bits per heavy atom. The number of amides is 2. The van der Waals surface area contributed by atoms with Gasteiger partial charge >= 0.3 is 0 Å². The van der Waals surface area contributed by atoms with Crippen molar-refractivity contribution in [2.24, 2.45) is 0 Å². The number of piperidine rings is 1. The molecular formula is C16H22N2O2. The van der Waals surface area contributed by atoms with Crippen molar-refractivity contribution in [3.63, 3.8) is 0 Å². The Morgan fingerprint density at radius 3 is 2.50 bits per heavy atom. The molecule has 2 rings (SSSR count). The summed E-state index contributed by atoms with van der Waals surface area (Å²) in [4.78, 5) is 26.0. The number of rotatable bonds is 5. The number of hydrogen-bond acceptors (Lipinski definition) is 3. The van der Waals surface area contributed by atoms with E-state index in [1.807, 2.05) is 44.4 Å². The van der Waals surface area contributed by atoms with Crippen molar-refractivity contribution in [3.8, 4) is 0 Å². The number of nitrogens with one attached hydrogen (secondary N) is 1. The van der Waals surface area contributed by atoms with Crippen LogP contribution >= 0.6 is 0 Å². The first-order chi connectivity index (χ1) is 9.54. The smallest absolute Gasteiger partial charge is 0.237 e. The molecule has 0 spiro atoms.